The SMILES string of the molecule is CCNC(=NCCn1cnnc1CC)N(C)Cc1ccccc1OC. The number of aryl methyl sites for hydroxylation is 1. The molecule has 0 fully saturated rings. The Morgan fingerprint density at radius 1 is 1.32 bits per heavy atom. The summed E-state index contributed by atoms with van der Waals surface area (Å²) in [7, 11) is 3.73. The number of benzene rings is 1. The molecule has 25 heavy (non-hydrogen) atoms. The summed E-state index contributed by atoms with van der Waals surface area (Å²) in [4.78, 5) is 6.83. The van der Waals surface area contributed by atoms with E-state index in [9.17, 15) is 0 Å². The third-order valence-corrected chi connectivity index (χ3v) is 3.91. The summed E-state index contributed by atoms with van der Waals surface area (Å²) in [6.07, 6.45) is 2.64. The Kier molecular flexibility index (Phi) is 7.25. The fourth-order valence-electron chi connectivity index (χ4n) is 2.64. The van der Waals surface area contributed by atoms with Crippen molar-refractivity contribution in [2.75, 3.05) is 27.2 Å². The topological polar surface area (TPSA) is 67.6 Å². The van der Waals surface area contributed by atoms with Crippen molar-refractivity contribution in [3.8, 4) is 5.75 Å². The predicted octanol–water partition coefficient (Wildman–Crippen LogP) is 1.95. The number of hydrogen-bond donors (Lipinski definition) is 1. The van der Waals surface area contributed by atoms with Gasteiger partial charge in [0.05, 0.1) is 13.7 Å². The Hall–Kier alpha value is -2.57. The van der Waals surface area contributed by atoms with Gasteiger partial charge in [-0.15, -0.1) is 10.2 Å². The van der Waals surface area contributed by atoms with Gasteiger partial charge in [0.15, 0.2) is 5.96 Å². The second kappa shape index (κ2) is 9.66. The number of methoxy groups -OCH3 is 1. The van der Waals surface area contributed by atoms with Crippen LogP contribution < -0.4 is 10.1 Å². The van der Waals surface area contributed by atoms with Gasteiger partial charge in [-0.3, -0.25) is 4.99 Å². The third kappa shape index (κ3) is 5.20. The van der Waals surface area contributed by atoms with E-state index in [1.54, 1.807) is 13.4 Å². The van der Waals surface area contributed by atoms with Crippen LogP contribution in [-0.2, 0) is 19.5 Å². The number of para-hydroxylation sites is 1. The molecule has 1 N–H and O–H groups in total. The molecule has 1 heterocycles. The van der Waals surface area contributed by atoms with Gasteiger partial charge in [0, 0.05) is 38.7 Å². The van der Waals surface area contributed by atoms with Crippen molar-refractivity contribution in [2.24, 2.45) is 4.99 Å². The number of ether oxygens (including phenoxy) is 1. The van der Waals surface area contributed by atoms with Gasteiger partial charge >= 0.3 is 0 Å². The van der Waals surface area contributed by atoms with Gasteiger partial charge in [-0.05, 0) is 13.0 Å². The predicted molar refractivity (Wildman–Crippen MR) is 99.8 cm³/mol. The summed E-state index contributed by atoms with van der Waals surface area (Å²) in [5, 5.41) is 11.4. The first kappa shape index (κ1) is 18.8. The minimum Gasteiger partial charge on any atom is -0.496 e. The third-order valence-electron chi connectivity index (χ3n) is 3.91. The van der Waals surface area contributed by atoms with Crippen LogP contribution >= 0.6 is 0 Å². The molecular formula is C18H28N6O. The lowest BCUT2D eigenvalue weighted by molar-refractivity contribution is 0.396. The maximum Gasteiger partial charge on any atom is 0.194 e. The number of nitrogens with zero attached hydrogens (tertiary/aromatic N) is 5. The number of rotatable bonds is 8. The summed E-state index contributed by atoms with van der Waals surface area (Å²) in [6, 6.07) is 8.05. The van der Waals surface area contributed by atoms with E-state index in [1.807, 2.05) is 29.8 Å². The van der Waals surface area contributed by atoms with Crippen LogP contribution in [0, 0.1) is 0 Å². The van der Waals surface area contributed by atoms with Crippen molar-refractivity contribution in [1.82, 2.24) is 25.0 Å². The van der Waals surface area contributed by atoms with Gasteiger partial charge in [-0.25, -0.2) is 0 Å². The fraction of sp³-hybridized carbons (Fsp3) is 0.500. The van der Waals surface area contributed by atoms with E-state index in [2.05, 4.69) is 40.3 Å². The average Bonchev–Trinajstić information content (AvgIpc) is 3.09. The van der Waals surface area contributed by atoms with E-state index in [0.717, 1.165) is 49.2 Å². The van der Waals surface area contributed by atoms with Crippen LogP contribution in [0.5, 0.6) is 5.75 Å². The molecule has 0 atom stereocenters. The number of hydrogen-bond acceptors (Lipinski definition) is 4. The van der Waals surface area contributed by atoms with Crippen molar-refractivity contribution >= 4 is 5.96 Å². The van der Waals surface area contributed by atoms with E-state index >= 15 is 0 Å². The van der Waals surface area contributed by atoms with Gasteiger partial charge in [0.1, 0.15) is 17.9 Å². The Labute approximate surface area is 149 Å². The molecule has 0 amide bonds. The molecule has 0 unspecified atom stereocenters. The van der Waals surface area contributed by atoms with E-state index in [1.165, 1.54) is 0 Å². The summed E-state index contributed by atoms with van der Waals surface area (Å²) in [5.74, 6) is 2.75. The van der Waals surface area contributed by atoms with Crippen LogP contribution in [0.15, 0.2) is 35.6 Å². The van der Waals surface area contributed by atoms with E-state index in [4.69, 9.17) is 9.73 Å². The second-order valence-electron chi connectivity index (χ2n) is 5.70. The first-order chi connectivity index (χ1) is 12.2. The first-order valence-corrected chi connectivity index (χ1v) is 8.67. The van der Waals surface area contributed by atoms with Gasteiger partial charge in [0.2, 0.25) is 0 Å². The number of aliphatic imine (C=N–C) groups is 1. The van der Waals surface area contributed by atoms with Crippen molar-refractivity contribution in [3.05, 3.63) is 42.0 Å². The maximum absolute atomic E-state index is 5.44. The average molecular weight is 344 g/mol. The highest BCUT2D eigenvalue weighted by molar-refractivity contribution is 5.79. The molecule has 1 aromatic heterocycles. The van der Waals surface area contributed by atoms with Gasteiger partial charge in [0.25, 0.3) is 0 Å². The molecule has 136 valence electrons. The zero-order valence-corrected chi connectivity index (χ0v) is 15.6. The number of guanidine groups is 1. The van der Waals surface area contributed by atoms with Crippen LogP contribution in [0.25, 0.3) is 0 Å². The molecule has 0 aliphatic rings. The minimum absolute atomic E-state index is 0.670. The summed E-state index contributed by atoms with van der Waals surface area (Å²) >= 11 is 0. The van der Waals surface area contributed by atoms with Gasteiger partial charge in [-0.2, -0.15) is 0 Å². The van der Waals surface area contributed by atoms with Gasteiger partial charge < -0.3 is 19.5 Å². The number of aromatic nitrogens is 3. The summed E-state index contributed by atoms with van der Waals surface area (Å²) in [6.45, 7) is 7.14. The highest BCUT2D eigenvalue weighted by Gasteiger charge is 2.10. The molecule has 0 aliphatic heterocycles. The Morgan fingerprint density at radius 3 is 2.84 bits per heavy atom. The lowest BCUT2D eigenvalue weighted by Crippen LogP contribution is -2.38. The molecule has 2 aromatic rings. The van der Waals surface area contributed by atoms with Gasteiger partial charge in [-0.1, -0.05) is 25.1 Å². The second-order valence-corrected chi connectivity index (χ2v) is 5.70. The molecule has 1 aromatic carbocycles. The van der Waals surface area contributed by atoms with Crippen LogP contribution in [0.4, 0.5) is 0 Å². The lowest BCUT2D eigenvalue weighted by Gasteiger charge is -2.23. The fourth-order valence-corrected chi connectivity index (χ4v) is 2.64. The Bertz CT molecular complexity index is 682. The van der Waals surface area contributed by atoms with Crippen LogP contribution in [-0.4, -0.2) is 52.9 Å². The summed E-state index contributed by atoms with van der Waals surface area (Å²) in [5.41, 5.74) is 1.13. The van der Waals surface area contributed by atoms with Crippen molar-refractivity contribution in [1.29, 1.82) is 0 Å². The lowest BCUT2D eigenvalue weighted by atomic mass is 10.2. The quantitative estimate of drug-likeness (QED) is 0.586. The maximum atomic E-state index is 5.44. The monoisotopic (exact) mass is 344 g/mol. The molecule has 2 rings (SSSR count). The largest absolute Gasteiger partial charge is 0.496 e. The van der Waals surface area contributed by atoms with Crippen molar-refractivity contribution in [2.45, 2.75) is 33.4 Å². The normalized spacial score (nSPS) is 11.4. The molecule has 0 radical (unpaired) electrons. The van der Waals surface area contributed by atoms with E-state index in [0.29, 0.717) is 6.54 Å². The minimum atomic E-state index is 0.670. The molecule has 0 saturated heterocycles. The molecule has 7 nitrogen and oxygen atoms in total. The Balaban J connectivity index is 2.02. The molecule has 0 spiro atoms. The standard InChI is InChI=1S/C18H28N6O/c1-5-17-22-21-14-24(17)12-11-20-18(19-6-2)23(3)13-15-9-7-8-10-16(15)25-4/h7-10,14H,5-6,11-13H2,1-4H3,(H,19,20). The highest BCUT2D eigenvalue weighted by Crippen LogP contribution is 2.18. The number of nitrogens with one attached hydrogen (secondary N) is 1. The molecular weight excluding hydrogens is 316 g/mol. The first-order valence-electron chi connectivity index (χ1n) is 8.67. The highest BCUT2D eigenvalue weighted by atomic mass is 16.5. The van der Waals surface area contributed by atoms with Crippen molar-refractivity contribution in [3.63, 3.8) is 0 Å². The zero-order valence-electron chi connectivity index (χ0n) is 15.6. The smallest absolute Gasteiger partial charge is 0.194 e. The van der Waals surface area contributed by atoms with Crippen LogP contribution in [0.3, 0.4) is 0 Å². The van der Waals surface area contributed by atoms with Crippen LogP contribution in [0.1, 0.15) is 25.2 Å². The van der Waals surface area contributed by atoms with E-state index in [-0.39, 0.29) is 0 Å². The zero-order chi connectivity index (χ0) is 18.1. The van der Waals surface area contributed by atoms with E-state index < -0.39 is 0 Å². The molecule has 0 saturated carbocycles. The summed E-state index contributed by atoms with van der Waals surface area (Å²) < 4.78 is 7.49. The van der Waals surface area contributed by atoms with Crippen molar-refractivity contribution < 1.29 is 4.74 Å². The molecule has 0 bridgehead atoms. The Morgan fingerprint density at radius 2 is 2.12 bits per heavy atom. The molecule has 7 heteroatoms. The molecule has 0 aliphatic carbocycles. The van der Waals surface area contributed by atoms with Crippen LogP contribution in [0.2, 0.25) is 0 Å².